The van der Waals surface area contributed by atoms with Crippen molar-refractivity contribution in [3.05, 3.63) is 93.7 Å². The third-order valence-electron chi connectivity index (χ3n) is 4.56. The fourth-order valence-corrected chi connectivity index (χ4v) is 3.49. The van der Waals surface area contributed by atoms with Crippen molar-refractivity contribution in [1.82, 2.24) is 5.32 Å². The zero-order valence-corrected chi connectivity index (χ0v) is 16.7. The first-order chi connectivity index (χ1) is 14.0. The number of benzene rings is 3. The molecule has 0 radical (unpaired) electrons. The van der Waals surface area contributed by atoms with E-state index in [4.69, 9.17) is 4.74 Å². The molecule has 0 saturated carbocycles. The van der Waals surface area contributed by atoms with Crippen molar-refractivity contribution in [2.24, 2.45) is 0 Å². The molecule has 4 rings (SSSR count). The van der Waals surface area contributed by atoms with Crippen molar-refractivity contribution in [2.75, 3.05) is 11.9 Å². The maximum atomic E-state index is 14.7. The zero-order chi connectivity index (χ0) is 20.4. The summed E-state index contributed by atoms with van der Waals surface area (Å²) in [5.41, 5.74) is 1.85. The minimum Gasteiger partial charge on any atom is -0.482 e. The Labute approximate surface area is 175 Å². The molecule has 146 valence electrons. The molecule has 1 unspecified atom stereocenters. The number of carbonyl (C=O) groups is 2. The molecule has 0 aromatic heterocycles. The Morgan fingerprint density at radius 1 is 1.10 bits per heavy atom. The van der Waals surface area contributed by atoms with Gasteiger partial charge in [-0.3, -0.25) is 9.59 Å². The van der Waals surface area contributed by atoms with E-state index in [-0.39, 0.29) is 12.5 Å². The molecular formula is C22H16BrFN2O3. The maximum absolute atomic E-state index is 14.7. The van der Waals surface area contributed by atoms with Gasteiger partial charge in [0.15, 0.2) is 6.61 Å². The smallest absolute Gasteiger partial charge is 0.262 e. The molecule has 3 aromatic rings. The standard InChI is InChI=1S/C22H16BrFN2O3/c23-15-7-8-16(17(24)11-15)21(13-4-2-1-3-5-13)26-22(28)14-6-9-19-18(10-14)25-20(27)12-29-19/h1-11,21H,12H2,(H,25,27)(H,26,28). The molecule has 1 aliphatic heterocycles. The third kappa shape index (κ3) is 4.14. The van der Waals surface area contributed by atoms with Crippen LogP contribution in [0.2, 0.25) is 0 Å². The van der Waals surface area contributed by atoms with Gasteiger partial charge in [0, 0.05) is 15.6 Å². The van der Waals surface area contributed by atoms with E-state index < -0.39 is 17.8 Å². The molecule has 1 atom stereocenters. The van der Waals surface area contributed by atoms with Gasteiger partial charge in [0.05, 0.1) is 11.7 Å². The molecule has 1 aliphatic rings. The summed E-state index contributed by atoms with van der Waals surface area (Å²) in [7, 11) is 0. The van der Waals surface area contributed by atoms with E-state index in [1.807, 2.05) is 30.3 Å². The lowest BCUT2D eigenvalue weighted by atomic mass is 9.97. The van der Waals surface area contributed by atoms with Gasteiger partial charge in [-0.25, -0.2) is 4.39 Å². The molecule has 0 spiro atoms. The summed E-state index contributed by atoms with van der Waals surface area (Å²) < 4.78 is 20.6. The lowest BCUT2D eigenvalue weighted by Gasteiger charge is -2.22. The van der Waals surface area contributed by atoms with Crippen molar-refractivity contribution in [3.8, 4) is 5.75 Å². The van der Waals surface area contributed by atoms with Gasteiger partial charge in [-0.2, -0.15) is 0 Å². The van der Waals surface area contributed by atoms with Crippen LogP contribution >= 0.6 is 15.9 Å². The summed E-state index contributed by atoms with van der Waals surface area (Å²) in [6.07, 6.45) is 0. The fraction of sp³-hybridized carbons (Fsp3) is 0.0909. The first-order valence-electron chi connectivity index (χ1n) is 8.89. The van der Waals surface area contributed by atoms with E-state index in [1.54, 1.807) is 30.3 Å². The van der Waals surface area contributed by atoms with Crippen molar-refractivity contribution >= 4 is 33.4 Å². The first-order valence-corrected chi connectivity index (χ1v) is 9.68. The Morgan fingerprint density at radius 2 is 1.90 bits per heavy atom. The van der Waals surface area contributed by atoms with Crippen LogP contribution < -0.4 is 15.4 Å². The fourth-order valence-electron chi connectivity index (χ4n) is 3.16. The SMILES string of the molecule is O=C1COc2ccc(C(=O)NC(c3ccccc3)c3ccc(Br)cc3F)cc2N1. The number of halogens is 2. The van der Waals surface area contributed by atoms with Crippen LogP contribution in [0.5, 0.6) is 5.75 Å². The second kappa shape index (κ2) is 8.05. The van der Waals surface area contributed by atoms with Gasteiger partial charge in [0.25, 0.3) is 11.8 Å². The number of nitrogens with one attached hydrogen (secondary N) is 2. The summed E-state index contributed by atoms with van der Waals surface area (Å²) >= 11 is 3.26. The lowest BCUT2D eigenvalue weighted by molar-refractivity contribution is -0.118. The van der Waals surface area contributed by atoms with Crippen LogP contribution in [0.25, 0.3) is 0 Å². The number of ether oxygens (including phenoxy) is 1. The highest BCUT2D eigenvalue weighted by molar-refractivity contribution is 9.10. The van der Waals surface area contributed by atoms with E-state index in [0.717, 1.165) is 5.56 Å². The molecule has 0 aliphatic carbocycles. The van der Waals surface area contributed by atoms with E-state index in [2.05, 4.69) is 26.6 Å². The molecular weight excluding hydrogens is 439 g/mol. The molecule has 5 nitrogen and oxygen atoms in total. The number of amides is 2. The lowest BCUT2D eigenvalue weighted by Crippen LogP contribution is -2.30. The Kier molecular flexibility index (Phi) is 5.31. The predicted molar refractivity (Wildman–Crippen MR) is 110 cm³/mol. The highest BCUT2D eigenvalue weighted by Crippen LogP contribution is 2.30. The van der Waals surface area contributed by atoms with E-state index in [9.17, 15) is 14.0 Å². The number of hydrogen-bond acceptors (Lipinski definition) is 3. The highest BCUT2D eigenvalue weighted by Gasteiger charge is 2.23. The molecule has 3 aromatic carbocycles. The zero-order valence-electron chi connectivity index (χ0n) is 15.1. The Balaban J connectivity index is 1.67. The van der Waals surface area contributed by atoms with Gasteiger partial charge in [0.1, 0.15) is 11.6 Å². The molecule has 2 amide bonds. The predicted octanol–water partition coefficient (Wildman–Crippen LogP) is 4.44. The largest absolute Gasteiger partial charge is 0.482 e. The van der Waals surface area contributed by atoms with Crippen LogP contribution in [0, 0.1) is 5.82 Å². The summed E-state index contributed by atoms with van der Waals surface area (Å²) in [4.78, 5) is 24.5. The Morgan fingerprint density at radius 3 is 2.66 bits per heavy atom. The second-order valence-electron chi connectivity index (χ2n) is 6.53. The molecule has 0 saturated heterocycles. The van der Waals surface area contributed by atoms with Crippen molar-refractivity contribution < 1.29 is 18.7 Å². The quantitative estimate of drug-likeness (QED) is 0.612. The summed E-state index contributed by atoms with van der Waals surface area (Å²) in [6.45, 7) is -0.0581. The molecule has 0 bridgehead atoms. The van der Waals surface area contributed by atoms with E-state index in [1.165, 1.54) is 6.07 Å². The molecule has 2 N–H and O–H groups in total. The van der Waals surface area contributed by atoms with Crippen LogP contribution in [0.1, 0.15) is 27.5 Å². The topological polar surface area (TPSA) is 67.4 Å². The van der Waals surface area contributed by atoms with Gasteiger partial charge >= 0.3 is 0 Å². The number of hydrogen-bond donors (Lipinski definition) is 2. The van der Waals surface area contributed by atoms with Crippen molar-refractivity contribution in [2.45, 2.75) is 6.04 Å². The third-order valence-corrected chi connectivity index (χ3v) is 5.05. The van der Waals surface area contributed by atoms with Crippen LogP contribution in [0.4, 0.5) is 10.1 Å². The van der Waals surface area contributed by atoms with Gasteiger partial charge in [-0.1, -0.05) is 52.3 Å². The van der Waals surface area contributed by atoms with Crippen LogP contribution in [0.3, 0.4) is 0 Å². The van der Waals surface area contributed by atoms with Crippen LogP contribution in [0.15, 0.2) is 71.2 Å². The molecule has 7 heteroatoms. The van der Waals surface area contributed by atoms with Crippen LogP contribution in [-0.4, -0.2) is 18.4 Å². The Hall–Kier alpha value is -3.19. The number of rotatable bonds is 4. The normalized spacial score (nSPS) is 13.7. The van der Waals surface area contributed by atoms with E-state index in [0.29, 0.717) is 27.0 Å². The summed E-state index contributed by atoms with van der Waals surface area (Å²) in [5.74, 6) is -0.614. The monoisotopic (exact) mass is 454 g/mol. The maximum Gasteiger partial charge on any atom is 0.262 e. The van der Waals surface area contributed by atoms with Crippen molar-refractivity contribution in [3.63, 3.8) is 0 Å². The average Bonchev–Trinajstić information content (AvgIpc) is 2.72. The van der Waals surface area contributed by atoms with Crippen LogP contribution in [-0.2, 0) is 4.79 Å². The summed E-state index contributed by atoms with van der Waals surface area (Å²) in [6, 6.07) is 18.0. The van der Waals surface area contributed by atoms with Gasteiger partial charge in [-0.15, -0.1) is 0 Å². The first kappa shape index (κ1) is 19.1. The number of carbonyl (C=O) groups excluding carboxylic acids is 2. The molecule has 29 heavy (non-hydrogen) atoms. The highest BCUT2D eigenvalue weighted by atomic mass is 79.9. The number of fused-ring (bicyclic) bond motifs is 1. The second-order valence-corrected chi connectivity index (χ2v) is 7.45. The molecule has 1 heterocycles. The number of anilines is 1. The summed E-state index contributed by atoms with van der Waals surface area (Å²) in [5, 5.41) is 5.57. The minimum atomic E-state index is -0.682. The van der Waals surface area contributed by atoms with Gasteiger partial charge in [0.2, 0.25) is 0 Å². The van der Waals surface area contributed by atoms with Gasteiger partial charge in [-0.05, 0) is 35.9 Å². The van der Waals surface area contributed by atoms with Gasteiger partial charge < -0.3 is 15.4 Å². The van der Waals surface area contributed by atoms with E-state index >= 15 is 0 Å². The minimum absolute atomic E-state index is 0.0581. The van der Waals surface area contributed by atoms with Crippen molar-refractivity contribution in [1.29, 1.82) is 0 Å². The Bertz CT molecular complexity index is 1090. The molecule has 0 fully saturated rings. The average molecular weight is 455 g/mol.